The van der Waals surface area contributed by atoms with E-state index < -0.39 is 6.09 Å². The van der Waals surface area contributed by atoms with Crippen molar-refractivity contribution in [3.63, 3.8) is 0 Å². The maximum absolute atomic E-state index is 11.5. The van der Waals surface area contributed by atoms with Crippen LogP contribution in [0.1, 0.15) is 17.5 Å². The number of carbonyl (C=O) groups is 2. The molecule has 2 aromatic carbocycles. The molecule has 0 bridgehead atoms. The molecular formula is C15H11BClNO5. The maximum atomic E-state index is 11.5. The van der Waals surface area contributed by atoms with Crippen molar-refractivity contribution in [3.8, 4) is 11.5 Å². The number of phenolic OH excluding ortho intramolecular Hbond substituents is 1. The third-order valence-corrected chi connectivity index (χ3v) is 3.28. The van der Waals surface area contributed by atoms with Gasteiger partial charge in [0.15, 0.2) is 22.9 Å². The van der Waals surface area contributed by atoms with Gasteiger partial charge in [0.25, 0.3) is 0 Å². The van der Waals surface area contributed by atoms with Crippen LogP contribution in [0, 0.1) is 0 Å². The Morgan fingerprint density at radius 2 is 1.87 bits per heavy atom. The Kier molecular flexibility index (Phi) is 4.51. The van der Waals surface area contributed by atoms with Crippen LogP contribution < -0.4 is 9.96 Å². The molecule has 0 spiro atoms. The third kappa shape index (κ3) is 2.71. The van der Waals surface area contributed by atoms with Crippen molar-refractivity contribution in [1.82, 2.24) is 5.23 Å². The van der Waals surface area contributed by atoms with Crippen LogP contribution in [0.4, 0.5) is 4.79 Å². The highest BCUT2D eigenvalue weighted by Gasteiger charge is 2.21. The van der Waals surface area contributed by atoms with Crippen molar-refractivity contribution in [3.05, 3.63) is 36.1 Å². The van der Waals surface area contributed by atoms with Crippen LogP contribution in [0.3, 0.4) is 0 Å². The lowest BCUT2D eigenvalue weighted by Crippen LogP contribution is -2.23. The van der Waals surface area contributed by atoms with Gasteiger partial charge in [0, 0.05) is 17.7 Å². The summed E-state index contributed by atoms with van der Waals surface area (Å²) in [5.41, 5.74) is 0.102. The van der Waals surface area contributed by atoms with Crippen molar-refractivity contribution in [2.75, 3.05) is 0 Å². The van der Waals surface area contributed by atoms with Gasteiger partial charge in [-0.15, -0.1) is 12.4 Å². The molecule has 0 aliphatic rings. The molecule has 2 radical (unpaired) electrons. The van der Waals surface area contributed by atoms with E-state index in [1.807, 2.05) is 5.23 Å². The number of Topliss-reactive ketones (excluding diaryl/α,β-unsaturated/α-hetero) is 1. The summed E-state index contributed by atoms with van der Waals surface area (Å²) in [5.74, 6) is -0.228. The number of carbonyl (C=O) groups excluding carboxylic acids is 2. The first-order chi connectivity index (χ1) is 10.5. The highest BCUT2D eigenvalue weighted by Crippen LogP contribution is 2.43. The van der Waals surface area contributed by atoms with Crippen LogP contribution in [0.25, 0.3) is 21.7 Å². The fourth-order valence-electron chi connectivity index (χ4n) is 2.29. The molecule has 0 fully saturated rings. The Balaban J connectivity index is 0.00000192. The number of furan rings is 1. The molecule has 1 aromatic heterocycles. The normalized spacial score (nSPS) is 10.3. The number of ketones is 1. The van der Waals surface area contributed by atoms with Gasteiger partial charge in [0.1, 0.15) is 5.75 Å². The summed E-state index contributed by atoms with van der Waals surface area (Å²) >= 11 is 0. The lowest BCUT2D eigenvalue weighted by Gasteiger charge is -2.10. The molecule has 8 heteroatoms. The van der Waals surface area contributed by atoms with Crippen LogP contribution in [-0.2, 0) is 0 Å². The monoisotopic (exact) mass is 331 g/mol. The number of rotatable bonds is 2. The minimum Gasteiger partial charge on any atom is -0.507 e. The van der Waals surface area contributed by atoms with E-state index in [-0.39, 0.29) is 46.4 Å². The van der Waals surface area contributed by atoms with Gasteiger partial charge >= 0.3 is 6.09 Å². The number of hydrogen-bond acceptors (Lipinski definition) is 5. The fourth-order valence-corrected chi connectivity index (χ4v) is 2.29. The molecule has 3 aromatic rings. The van der Waals surface area contributed by atoms with Crippen LogP contribution in [-0.4, -0.2) is 25.0 Å². The summed E-state index contributed by atoms with van der Waals surface area (Å²) in [6, 6.07) is 8.18. The zero-order valence-electron chi connectivity index (χ0n) is 12.0. The predicted octanol–water partition coefficient (Wildman–Crippen LogP) is 3.09. The minimum atomic E-state index is -0.891. The number of halogens is 1. The second kappa shape index (κ2) is 6.22. The van der Waals surface area contributed by atoms with Gasteiger partial charge in [0.05, 0.1) is 5.39 Å². The minimum absolute atomic E-state index is 0. The van der Waals surface area contributed by atoms with Gasteiger partial charge in [-0.05, 0) is 6.07 Å². The number of fused-ring (bicyclic) bond motifs is 2. The van der Waals surface area contributed by atoms with Crippen molar-refractivity contribution in [1.29, 1.82) is 0 Å². The summed E-state index contributed by atoms with van der Waals surface area (Å²) in [6.07, 6.45) is -0.891. The largest absolute Gasteiger partial charge is 0.507 e. The number of hydrogen-bond donors (Lipinski definition) is 2. The summed E-state index contributed by atoms with van der Waals surface area (Å²) in [5, 5.41) is 13.4. The molecular weight excluding hydrogens is 320 g/mol. The molecule has 1 amide bonds. The molecule has 0 atom stereocenters. The van der Waals surface area contributed by atoms with Crippen LogP contribution in [0.2, 0.25) is 0 Å². The molecule has 0 saturated carbocycles. The average Bonchev–Trinajstić information content (AvgIpc) is 2.97. The van der Waals surface area contributed by atoms with Crippen LogP contribution in [0.5, 0.6) is 11.5 Å². The Bertz CT molecular complexity index is 921. The Labute approximate surface area is 138 Å². The topological polar surface area (TPSA) is 88.8 Å². The molecule has 0 aliphatic heterocycles. The quantitative estimate of drug-likeness (QED) is 0.556. The standard InChI is InChI=1S/C15H10BNO5.ClH/c1-7(18)11-6-10-12(19)8-4-2-3-5-9(8)13(14(10)21-11)22-15(20)17-16;/h2-6,19H,1H3,(H,17,20);1H. The molecule has 0 saturated heterocycles. The predicted molar refractivity (Wildman–Crippen MR) is 87.6 cm³/mol. The zero-order chi connectivity index (χ0) is 15.9. The van der Waals surface area contributed by atoms with E-state index in [0.717, 1.165) is 0 Å². The molecule has 0 unspecified atom stereocenters. The fraction of sp³-hybridized carbons (Fsp3) is 0.0667. The smallest absolute Gasteiger partial charge is 0.399 e. The maximum Gasteiger partial charge on any atom is 0.399 e. The van der Waals surface area contributed by atoms with E-state index in [1.165, 1.54) is 13.0 Å². The second-order valence-electron chi connectivity index (χ2n) is 4.67. The van der Waals surface area contributed by atoms with Gasteiger partial charge in [-0.25, -0.2) is 4.79 Å². The molecule has 3 rings (SSSR count). The average molecular weight is 332 g/mol. The second-order valence-corrected chi connectivity index (χ2v) is 4.67. The number of aromatic hydroxyl groups is 1. The zero-order valence-corrected chi connectivity index (χ0v) is 12.8. The molecule has 1 heterocycles. The van der Waals surface area contributed by atoms with Gasteiger partial charge in [-0.2, -0.15) is 0 Å². The van der Waals surface area contributed by atoms with Crippen LogP contribution in [0.15, 0.2) is 34.7 Å². The molecule has 23 heavy (non-hydrogen) atoms. The van der Waals surface area contributed by atoms with Crippen molar-refractivity contribution >= 4 is 54.0 Å². The first-order valence-electron chi connectivity index (χ1n) is 6.39. The number of phenols is 1. The molecule has 116 valence electrons. The summed E-state index contributed by atoms with van der Waals surface area (Å²) in [6.45, 7) is 1.33. The Hall–Kier alpha value is -2.67. The van der Waals surface area contributed by atoms with E-state index in [1.54, 1.807) is 24.3 Å². The van der Waals surface area contributed by atoms with Crippen molar-refractivity contribution in [2.45, 2.75) is 6.92 Å². The van der Waals surface area contributed by atoms with E-state index in [4.69, 9.17) is 17.1 Å². The SMILES string of the molecule is Cl.[B]NC(=O)Oc1c2ccccc2c(O)c2cc(C(C)=O)oc12. The summed E-state index contributed by atoms with van der Waals surface area (Å²) in [7, 11) is 5.03. The Morgan fingerprint density at radius 1 is 1.22 bits per heavy atom. The number of ether oxygens (including phenoxy) is 1. The molecule has 0 aliphatic carbocycles. The van der Waals surface area contributed by atoms with Gasteiger partial charge in [-0.3, -0.25) is 4.79 Å². The first-order valence-corrected chi connectivity index (χ1v) is 6.39. The Morgan fingerprint density at radius 3 is 2.48 bits per heavy atom. The van der Waals surface area contributed by atoms with E-state index in [9.17, 15) is 14.7 Å². The van der Waals surface area contributed by atoms with Crippen molar-refractivity contribution in [2.24, 2.45) is 0 Å². The van der Waals surface area contributed by atoms with Gasteiger partial charge in [-0.1, -0.05) is 24.3 Å². The van der Waals surface area contributed by atoms with Crippen LogP contribution >= 0.6 is 12.4 Å². The molecule has 2 N–H and O–H groups in total. The van der Waals surface area contributed by atoms with Gasteiger partial charge < -0.3 is 19.5 Å². The van der Waals surface area contributed by atoms with Crippen molar-refractivity contribution < 1.29 is 23.8 Å². The third-order valence-electron chi connectivity index (χ3n) is 3.28. The number of amides is 1. The number of benzene rings is 2. The lowest BCUT2D eigenvalue weighted by molar-refractivity contribution is 0.0989. The summed E-state index contributed by atoms with van der Waals surface area (Å²) in [4.78, 5) is 23.0. The highest BCUT2D eigenvalue weighted by atomic mass is 35.5. The van der Waals surface area contributed by atoms with E-state index in [0.29, 0.717) is 10.8 Å². The van der Waals surface area contributed by atoms with Gasteiger partial charge in [0.2, 0.25) is 7.98 Å². The summed E-state index contributed by atoms with van der Waals surface area (Å²) < 4.78 is 10.6. The first kappa shape index (κ1) is 16.7. The lowest BCUT2D eigenvalue weighted by atomic mass is 10.1. The van der Waals surface area contributed by atoms with E-state index >= 15 is 0 Å². The highest BCUT2D eigenvalue weighted by molar-refractivity contribution is 6.15. The molecule has 6 nitrogen and oxygen atoms in total. The van der Waals surface area contributed by atoms with E-state index in [2.05, 4.69) is 0 Å². The number of nitrogens with one attached hydrogen (secondary N) is 1.